The molecular weight excluding hydrogens is 256 g/mol. The average molecular weight is 270 g/mol. The molecule has 0 aliphatic heterocycles. The number of benzene rings is 1. The number of hydrogen-bond donors (Lipinski definition) is 2. The molecule has 2 N–H and O–H groups in total. The third-order valence-corrected chi connectivity index (χ3v) is 2.71. The molecule has 0 saturated heterocycles. The van der Waals surface area contributed by atoms with E-state index < -0.39 is 5.91 Å². The molecule has 0 atom stereocenters. The fourth-order valence-corrected chi connectivity index (χ4v) is 1.73. The van der Waals surface area contributed by atoms with Crippen LogP contribution in [0.3, 0.4) is 0 Å². The Morgan fingerprint density at radius 1 is 1.05 bits per heavy atom. The van der Waals surface area contributed by atoms with Gasteiger partial charge in [-0.1, -0.05) is 17.7 Å². The van der Waals surface area contributed by atoms with Crippen LogP contribution in [0.2, 0.25) is 0 Å². The van der Waals surface area contributed by atoms with Crippen molar-refractivity contribution in [1.29, 1.82) is 0 Å². The molecule has 6 heteroatoms. The number of amides is 2. The summed E-state index contributed by atoms with van der Waals surface area (Å²) in [5, 5.41) is 0. The summed E-state index contributed by atoms with van der Waals surface area (Å²) >= 11 is 0. The van der Waals surface area contributed by atoms with Gasteiger partial charge in [0.15, 0.2) is 0 Å². The van der Waals surface area contributed by atoms with E-state index in [4.69, 9.17) is 0 Å². The zero-order chi connectivity index (χ0) is 14.5. The SMILES string of the molecule is Cc1ccc(C(=O)NNC(=O)c2cnccn2)c(C)c1. The molecule has 1 aromatic carbocycles. The number of aromatic nitrogens is 2. The summed E-state index contributed by atoms with van der Waals surface area (Å²) in [6, 6.07) is 5.46. The molecule has 0 radical (unpaired) electrons. The van der Waals surface area contributed by atoms with Crippen LogP contribution in [0.15, 0.2) is 36.8 Å². The molecule has 0 saturated carbocycles. The van der Waals surface area contributed by atoms with Crippen LogP contribution >= 0.6 is 0 Å². The van der Waals surface area contributed by atoms with E-state index in [9.17, 15) is 9.59 Å². The van der Waals surface area contributed by atoms with Crippen molar-refractivity contribution in [2.45, 2.75) is 13.8 Å². The molecule has 1 heterocycles. The highest BCUT2D eigenvalue weighted by molar-refractivity contribution is 5.98. The Kier molecular flexibility index (Phi) is 4.05. The molecule has 1 aromatic heterocycles. The van der Waals surface area contributed by atoms with E-state index in [1.165, 1.54) is 18.6 Å². The van der Waals surface area contributed by atoms with Gasteiger partial charge in [-0.3, -0.25) is 25.4 Å². The van der Waals surface area contributed by atoms with Crippen LogP contribution in [0.4, 0.5) is 0 Å². The van der Waals surface area contributed by atoms with Gasteiger partial charge in [-0.05, 0) is 25.5 Å². The molecule has 6 nitrogen and oxygen atoms in total. The summed E-state index contributed by atoms with van der Waals surface area (Å²) < 4.78 is 0. The Labute approximate surface area is 116 Å². The second-order valence-electron chi connectivity index (χ2n) is 4.32. The smallest absolute Gasteiger partial charge is 0.267 e. The molecule has 0 aliphatic rings. The van der Waals surface area contributed by atoms with Gasteiger partial charge in [-0.25, -0.2) is 4.98 Å². The maximum atomic E-state index is 12.0. The largest absolute Gasteiger partial charge is 0.289 e. The number of carbonyl (C=O) groups excluding carboxylic acids is 2. The number of aryl methyl sites for hydroxylation is 2. The highest BCUT2D eigenvalue weighted by Crippen LogP contribution is 2.09. The predicted octanol–water partition coefficient (Wildman–Crippen LogP) is 1.17. The van der Waals surface area contributed by atoms with Gasteiger partial charge in [0.05, 0.1) is 6.20 Å². The monoisotopic (exact) mass is 270 g/mol. The molecule has 2 rings (SSSR count). The molecule has 102 valence electrons. The van der Waals surface area contributed by atoms with Crippen LogP contribution in [-0.2, 0) is 0 Å². The minimum absolute atomic E-state index is 0.133. The molecular formula is C14H14N4O2. The molecule has 0 bridgehead atoms. The van der Waals surface area contributed by atoms with E-state index >= 15 is 0 Å². The third-order valence-electron chi connectivity index (χ3n) is 2.71. The number of hydrogen-bond acceptors (Lipinski definition) is 4. The van der Waals surface area contributed by atoms with E-state index in [-0.39, 0.29) is 11.6 Å². The maximum Gasteiger partial charge on any atom is 0.289 e. The number of rotatable bonds is 2. The van der Waals surface area contributed by atoms with Crippen molar-refractivity contribution in [3.63, 3.8) is 0 Å². The lowest BCUT2D eigenvalue weighted by Gasteiger charge is -2.09. The van der Waals surface area contributed by atoms with Crippen molar-refractivity contribution in [2.24, 2.45) is 0 Å². The van der Waals surface area contributed by atoms with Gasteiger partial charge >= 0.3 is 0 Å². The van der Waals surface area contributed by atoms with Crippen molar-refractivity contribution < 1.29 is 9.59 Å². The first-order valence-electron chi connectivity index (χ1n) is 6.02. The quantitative estimate of drug-likeness (QED) is 0.802. The van der Waals surface area contributed by atoms with Crippen LogP contribution in [0, 0.1) is 13.8 Å². The summed E-state index contributed by atoms with van der Waals surface area (Å²) in [6.45, 7) is 3.79. The van der Waals surface area contributed by atoms with Crippen molar-refractivity contribution in [3.05, 3.63) is 59.2 Å². The summed E-state index contributed by atoms with van der Waals surface area (Å²) in [6.07, 6.45) is 4.19. The zero-order valence-corrected chi connectivity index (χ0v) is 11.2. The molecule has 0 fully saturated rings. The lowest BCUT2D eigenvalue weighted by Crippen LogP contribution is -2.42. The van der Waals surface area contributed by atoms with Crippen LogP contribution in [0.5, 0.6) is 0 Å². The van der Waals surface area contributed by atoms with Crippen LogP contribution < -0.4 is 10.9 Å². The van der Waals surface area contributed by atoms with E-state index in [0.29, 0.717) is 5.56 Å². The third kappa shape index (κ3) is 3.17. The minimum Gasteiger partial charge on any atom is -0.267 e. The number of hydrazine groups is 1. The van der Waals surface area contributed by atoms with Gasteiger partial charge < -0.3 is 0 Å². The van der Waals surface area contributed by atoms with Crippen molar-refractivity contribution in [1.82, 2.24) is 20.8 Å². The Morgan fingerprint density at radius 3 is 2.45 bits per heavy atom. The first kappa shape index (κ1) is 13.7. The summed E-state index contributed by atoms with van der Waals surface area (Å²) in [5.41, 5.74) is 7.21. The fraction of sp³-hybridized carbons (Fsp3) is 0.143. The van der Waals surface area contributed by atoms with Gasteiger partial charge in [0.2, 0.25) is 0 Å². The van der Waals surface area contributed by atoms with E-state index in [2.05, 4.69) is 20.8 Å². The van der Waals surface area contributed by atoms with E-state index in [1.807, 2.05) is 26.0 Å². The van der Waals surface area contributed by atoms with Crippen molar-refractivity contribution in [3.8, 4) is 0 Å². The van der Waals surface area contributed by atoms with E-state index in [0.717, 1.165) is 11.1 Å². The Morgan fingerprint density at radius 2 is 1.80 bits per heavy atom. The van der Waals surface area contributed by atoms with Gasteiger partial charge in [0.25, 0.3) is 11.8 Å². The van der Waals surface area contributed by atoms with Gasteiger partial charge in [-0.2, -0.15) is 0 Å². The second-order valence-corrected chi connectivity index (χ2v) is 4.32. The molecule has 0 unspecified atom stereocenters. The van der Waals surface area contributed by atoms with Gasteiger partial charge in [0, 0.05) is 18.0 Å². The Bertz CT molecular complexity index is 641. The van der Waals surface area contributed by atoms with Crippen molar-refractivity contribution >= 4 is 11.8 Å². The standard InChI is InChI=1S/C14H14N4O2/c1-9-3-4-11(10(2)7-9)13(19)17-18-14(20)12-8-15-5-6-16-12/h3-8H,1-2H3,(H,17,19)(H,18,20). The molecule has 20 heavy (non-hydrogen) atoms. The highest BCUT2D eigenvalue weighted by atomic mass is 16.2. The summed E-state index contributed by atoms with van der Waals surface area (Å²) in [4.78, 5) is 31.3. The minimum atomic E-state index is -0.517. The molecule has 2 amide bonds. The zero-order valence-electron chi connectivity index (χ0n) is 11.2. The lowest BCUT2D eigenvalue weighted by molar-refractivity contribution is 0.0843. The van der Waals surface area contributed by atoms with E-state index in [1.54, 1.807) is 6.07 Å². The fourth-order valence-electron chi connectivity index (χ4n) is 1.73. The Hall–Kier alpha value is -2.76. The van der Waals surface area contributed by atoms with Crippen LogP contribution in [-0.4, -0.2) is 21.8 Å². The maximum absolute atomic E-state index is 12.0. The number of nitrogens with one attached hydrogen (secondary N) is 2. The van der Waals surface area contributed by atoms with Crippen LogP contribution in [0.25, 0.3) is 0 Å². The van der Waals surface area contributed by atoms with Gasteiger partial charge in [0.1, 0.15) is 5.69 Å². The van der Waals surface area contributed by atoms with Gasteiger partial charge in [-0.15, -0.1) is 0 Å². The summed E-state index contributed by atoms with van der Waals surface area (Å²) in [7, 11) is 0. The summed E-state index contributed by atoms with van der Waals surface area (Å²) in [5.74, 6) is -0.893. The van der Waals surface area contributed by atoms with Crippen molar-refractivity contribution in [2.75, 3.05) is 0 Å². The molecule has 0 aliphatic carbocycles. The normalized spacial score (nSPS) is 9.90. The first-order valence-corrected chi connectivity index (χ1v) is 6.02. The number of nitrogens with zero attached hydrogens (tertiary/aromatic N) is 2. The predicted molar refractivity (Wildman–Crippen MR) is 72.9 cm³/mol. The second kappa shape index (κ2) is 5.92. The first-order chi connectivity index (χ1) is 9.58. The molecule has 0 spiro atoms. The van der Waals surface area contributed by atoms with Crippen LogP contribution in [0.1, 0.15) is 32.0 Å². The average Bonchev–Trinajstić information content (AvgIpc) is 2.45. The lowest BCUT2D eigenvalue weighted by atomic mass is 10.1. The Balaban J connectivity index is 2.00. The molecule has 2 aromatic rings. The topological polar surface area (TPSA) is 84.0 Å². The highest BCUT2D eigenvalue weighted by Gasteiger charge is 2.11. The number of carbonyl (C=O) groups is 2.